The molecule has 0 aliphatic heterocycles. The third kappa shape index (κ3) is 3.75. The van der Waals surface area contributed by atoms with Crippen molar-refractivity contribution < 1.29 is 13.5 Å². The molecular formula is C13H15N3O3S. The van der Waals surface area contributed by atoms with Gasteiger partial charge in [-0.05, 0) is 5.56 Å². The average molecular weight is 293 g/mol. The Balaban J connectivity index is 2.40. The summed E-state index contributed by atoms with van der Waals surface area (Å²) >= 11 is 0. The second-order valence-corrected chi connectivity index (χ2v) is 6.67. The number of rotatable bonds is 4. The van der Waals surface area contributed by atoms with Gasteiger partial charge in [0.1, 0.15) is 5.82 Å². The number of benzene rings is 1. The molecular weight excluding hydrogens is 278 g/mol. The molecule has 7 heteroatoms. The summed E-state index contributed by atoms with van der Waals surface area (Å²) in [5.74, 6) is 0.412. The van der Waals surface area contributed by atoms with Gasteiger partial charge in [-0.25, -0.2) is 18.4 Å². The molecule has 106 valence electrons. The minimum absolute atomic E-state index is 0.0443. The molecule has 0 bridgehead atoms. The number of hydrogen-bond acceptors (Lipinski definition) is 6. The quantitative estimate of drug-likeness (QED) is 0.862. The van der Waals surface area contributed by atoms with Crippen LogP contribution in [0.5, 0.6) is 0 Å². The van der Waals surface area contributed by atoms with Gasteiger partial charge in [0.15, 0.2) is 15.7 Å². The van der Waals surface area contributed by atoms with E-state index < -0.39 is 9.84 Å². The number of nitrogens with two attached hydrogens (primary N) is 1. The Bertz CT molecular complexity index is 712. The molecule has 0 amide bonds. The van der Waals surface area contributed by atoms with Crippen LogP contribution < -0.4 is 5.73 Å². The summed E-state index contributed by atoms with van der Waals surface area (Å²) in [5.41, 5.74) is 7.53. The molecule has 1 aromatic carbocycles. The fraction of sp³-hybridized carbons (Fsp3) is 0.231. The van der Waals surface area contributed by atoms with Crippen molar-refractivity contribution in [1.82, 2.24) is 9.97 Å². The van der Waals surface area contributed by atoms with Crippen molar-refractivity contribution in [2.24, 2.45) is 0 Å². The molecule has 0 aliphatic rings. The van der Waals surface area contributed by atoms with Gasteiger partial charge in [0, 0.05) is 17.9 Å². The van der Waals surface area contributed by atoms with E-state index in [1.54, 1.807) is 24.3 Å². The minimum Gasteiger partial charge on any atom is -0.392 e. The van der Waals surface area contributed by atoms with Crippen LogP contribution in [0.2, 0.25) is 0 Å². The molecule has 1 aromatic heterocycles. The molecule has 0 saturated carbocycles. The van der Waals surface area contributed by atoms with E-state index in [0.717, 1.165) is 11.8 Å². The first kappa shape index (κ1) is 14.4. The molecule has 0 aliphatic carbocycles. The lowest BCUT2D eigenvalue weighted by molar-refractivity contribution is 0.282. The van der Waals surface area contributed by atoms with Crippen molar-refractivity contribution in [2.45, 2.75) is 12.4 Å². The van der Waals surface area contributed by atoms with Crippen LogP contribution in [0.25, 0.3) is 11.4 Å². The Hall–Kier alpha value is -1.99. The zero-order valence-corrected chi connectivity index (χ0v) is 11.8. The van der Waals surface area contributed by atoms with Crippen LogP contribution >= 0.6 is 0 Å². The SMILES string of the molecule is CS(=O)(=O)Cc1cc(N)nc(-c2ccc(CO)cc2)n1. The first-order chi connectivity index (χ1) is 9.37. The van der Waals surface area contributed by atoms with Crippen LogP contribution in [0.1, 0.15) is 11.3 Å². The highest BCUT2D eigenvalue weighted by atomic mass is 32.2. The maximum atomic E-state index is 11.3. The van der Waals surface area contributed by atoms with E-state index in [1.165, 1.54) is 6.07 Å². The summed E-state index contributed by atoms with van der Waals surface area (Å²) in [6.07, 6.45) is 1.14. The molecule has 20 heavy (non-hydrogen) atoms. The van der Waals surface area contributed by atoms with Gasteiger partial charge in [-0.3, -0.25) is 0 Å². The van der Waals surface area contributed by atoms with E-state index in [9.17, 15) is 8.42 Å². The summed E-state index contributed by atoms with van der Waals surface area (Å²) in [6, 6.07) is 8.46. The number of nitrogens with zero attached hydrogens (tertiary/aromatic N) is 2. The van der Waals surface area contributed by atoms with Gasteiger partial charge >= 0.3 is 0 Å². The van der Waals surface area contributed by atoms with E-state index >= 15 is 0 Å². The van der Waals surface area contributed by atoms with E-state index in [0.29, 0.717) is 17.1 Å². The van der Waals surface area contributed by atoms with Crippen molar-refractivity contribution in [1.29, 1.82) is 0 Å². The molecule has 6 nitrogen and oxygen atoms in total. The number of sulfone groups is 1. The molecule has 0 saturated heterocycles. The number of aliphatic hydroxyl groups is 1. The molecule has 3 N–H and O–H groups in total. The van der Waals surface area contributed by atoms with Gasteiger partial charge in [0.2, 0.25) is 0 Å². The highest BCUT2D eigenvalue weighted by Crippen LogP contribution is 2.18. The van der Waals surface area contributed by atoms with Crippen LogP contribution in [-0.2, 0) is 22.2 Å². The Kier molecular flexibility index (Phi) is 4.01. The monoisotopic (exact) mass is 293 g/mol. The van der Waals surface area contributed by atoms with Gasteiger partial charge in [-0.1, -0.05) is 24.3 Å². The lowest BCUT2D eigenvalue weighted by atomic mass is 10.1. The number of aromatic nitrogens is 2. The van der Waals surface area contributed by atoms with E-state index in [2.05, 4.69) is 9.97 Å². The van der Waals surface area contributed by atoms with Gasteiger partial charge in [0.25, 0.3) is 0 Å². The van der Waals surface area contributed by atoms with Crippen molar-refractivity contribution >= 4 is 15.7 Å². The Labute approximate surface area is 117 Å². The summed E-state index contributed by atoms with van der Waals surface area (Å²) in [6.45, 7) is -0.0443. The highest BCUT2D eigenvalue weighted by molar-refractivity contribution is 7.89. The van der Waals surface area contributed by atoms with Gasteiger partial charge < -0.3 is 10.8 Å². The normalized spacial score (nSPS) is 11.5. The number of aliphatic hydroxyl groups excluding tert-OH is 1. The number of hydrogen-bond donors (Lipinski definition) is 2. The van der Waals surface area contributed by atoms with Gasteiger partial charge in [0.05, 0.1) is 18.1 Å². The van der Waals surface area contributed by atoms with E-state index in [-0.39, 0.29) is 18.2 Å². The van der Waals surface area contributed by atoms with Crippen molar-refractivity contribution in [2.75, 3.05) is 12.0 Å². The van der Waals surface area contributed by atoms with Crippen LogP contribution in [0, 0.1) is 0 Å². The summed E-state index contributed by atoms with van der Waals surface area (Å²) in [5, 5.41) is 9.00. The number of nitrogen functional groups attached to an aromatic ring is 1. The summed E-state index contributed by atoms with van der Waals surface area (Å²) in [7, 11) is -3.18. The Morgan fingerprint density at radius 2 is 1.85 bits per heavy atom. The Morgan fingerprint density at radius 1 is 1.20 bits per heavy atom. The molecule has 0 unspecified atom stereocenters. The molecule has 0 spiro atoms. The maximum absolute atomic E-state index is 11.3. The van der Waals surface area contributed by atoms with Gasteiger partial charge in [-0.15, -0.1) is 0 Å². The molecule has 0 radical (unpaired) electrons. The zero-order valence-electron chi connectivity index (χ0n) is 10.9. The molecule has 0 fully saturated rings. The largest absolute Gasteiger partial charge is 0.392 e. The Morgan fingerprint density at radius 3 is 2.40 bits per heavy atom. The second kappa shape index (κ2) is 5.56. The predicted octanol–water partition coefficient (Wildman–Crippen LogP) is 0.763. The summed E-state index contributed by atoms with van der Waals surface area (Å²) in [4.78, 5) is 8.31. The lowest BCUT2D eigenvalue weighted by Gasteiger charge is -2.06. The average Bonchev–Trinajstić information content (AvgIpc) is 2.36. The fourth-order valence-corrected chi connectivity index (χ4v) is 2.43. The van der Waals surface area contributed by atoms with Crippen molar-refractivity contribution in [3.05, 3.63) is 41.6 Å². The fourth-order valence-electron chi connectivity index (χ4n) is 1.75. The van der Waals surface area contributed by atoms with Gasteiger partial charge in [-0.2, -0.15) is 0 Å². The lowest BCUT2D eigenvalue weighted by Crippen LogP contribution is -2.06. The van der Waals surface area contributed by atoms with E-state index in [1.807, 2.05) is 0 Å². The van der Waals surface area contributed by atoms with Crippen LogP contribution in [0.4, 0.5) is 5.82 Å². The van der Waals surface area contributed by atoms with Crippen molar-refractivity contribution in [3.63, 3.8) is 0 Å². The summed E-state index contributed by atoms with van der Waals surface area (Å²) < 4.78 is 22.6. The number of anilines is 1. The maximum Gasteiger partial charge on any atom is 0.161 e. The topological polar surface area (TPSA) is 106 Å². The van der Waals surface area contributed by atoms with E-state index in [4.69, 9.17) is 10.8 Å². The minimum atomic E-state index is -3.18. The molecule has 1 heterocycles. The molecule has 2 aromatic rings. The molecule has 0 atom stereocenters. The van der Waals surface area contributed by atoms with Crippen LogP contribution in [0.3, 0.4) is 0 Å². The zero-order chi connectivity index (χ0) is 14.8. The molecule has 2 rings (SSSR count). The first-order valence-corrected chi connectivity index (χ1v) is 7.95. The van der Waals surface area contributed by atoms with Crippen LogP contribution in [-0.4, -0.2) is 29.7 Å². The van der Waals surface area contributed by atoms with Crippen LogP contribution in [0.15, 0.2) is 30.3 Å². The smallest absolute Gasteiger partial charge is 0.161 e. The van der Waals surface area contributed by atoms with Crippen molar-refractivity contribution in [3.8, 4) is 11.4 Å². The first-order valence-electron chi connectivity index (χ1n) is 5.89. The third-order valence-corrected chi connectivity index (χ3v) is 3.42. The second-order valence-electron chi connectivity index (χ2n) is 4.53. The highest BCUT2D eigenvalue weighted by Gasteiger charge is 2.10. The standard InChI is InChI=1S/C13H15N3O3S/c1-20(18,19)8-11-6-12(14)16-13(15-11)10-4-2-9(7-17)3-5-10/h2-6,17H,7-8H2,1H3,(H2,14,15,16). The predicted molar refractivity (Wildman–Crippen MR) is 76.4 cm³/mol. The third-order valence-electron chi connectivity index (χ3n) is 2.60.